The van der Waals surface area contributed by atoms with Crippen molar-refractivity contribution in [3.05, 3.63) is 75.0 Å². The fourth-order valence-electron chi connectivity index (χ4n) is 2.17. The Morgan fingerprint density at radius 2 is 1.76 bits per heavy atom. The Labute approximate surface area is 136 Å². The molecule has 4 heteroatoms. The second-order valence-electron chi connectivity index (χ2n) is 4.73. The van der Waals surface area contributed by atoms with Crippen molar-refractivity contribution in [3.63, 3.8) is 0 Å². The Morgan fingerprint density at radius 1 is 1.05 bits per heavy atom. The van der Waals surface area contributed by atoms with Gasteiger partial charge in [-0.3, -0.25) is 0 Å². The van der Waals surface area contributed by atoms with Gasteiger partial charge in [0, 0.05) is 21.8 Å². The van der Waals surface area contributed by atoms with E-state index >= 15 is 0 Å². The third-order valence-electron chi connectivity index (χ3n) is 3.25. The van der Waals surface area contributed by atoms with Gasteiger partial charge in [-0.15, -0.1) is 11.3 Å². The van der Waals surface area contributed by atoms with E-state index in [1.54, 1.807) is 11.3 Å². The van der Waals surface area contributed by atoms with Gasteiger partial charge in [0.05, 0.1) is 16.8 Å². The summed E-state index contributed by atoms with van der Waals surface area (Å²) in [6, 6.07) is 17.8. The molecule has 21 heavy (non-hydrogen) atoms. The van der Waals surface area contributed by atoms with Gasteiger partial charge in [-0.05, 0) is 11.6 Å². The number of hydrogen-bond acceptors (Lipinski definition) is 3. The van der Waals surface area contributed by atoms with Crippen molar-refractivity contribution >= 4 is 27.3 Å². The van der Waals surface area contributed by atoms with Gasteiger partial charge < -0.3 is 5.11 Å². The van der Waals surface area contributed by atoms with Crippen LogP contribution >= 0.6 is 27.3 Å². The zero-order valence-electron chi connectivity index (χ0n) is 11.2. The normalized spacial score (nSPS) is 12.3. The zero-order chi connectivity index (χ0) is 14.7. The average molecular weight is 360 g/mol. The third kappa shape index (κ3) is 3.40. The summed E-state index contributed by atoms with van der Waals surface area (Å²) in [5.74, 6) is 0. The highest BCUT2D eigenvalue weighted by Gasteiger charge is 2.14. The molecule has 0 aliphatic rings. The Morgan fingerprint density at radius 3 is 2.52 bits per heavy atom. The monoisotopic (exact) mass is 359 g/mol. The molecule has 0 saturated heterocycles. The third-order valence-corrected chi connectivity index (χ3v) is 4.85. The van der Waals surface area contributed by atoms with Gasteiger partial charge in [0.25, 0.3) is 0 Å². The molecule has 1 N–H and O–H groups in total. The molecular formula is C17H14BrNOS. The summed E-state index contributed by atoms with van der Waals surface area (Å²) in [5.41, 5.74) is 2.97. The lowest BCUT2D eigenvalue weighted by Crippen LogP contribution is -2.02. The molecule has 3 rings (SSSR count). The predicted octanol–water partition coefficient (Wildman–Crippen LogP) is 4.85. The number of nitrogens with zero attached hydrogens (tertiary/aromatic N) is 1. The van der Waals surface area contributed by atoms with Gasteiger partial charge >= 0.3 is 0 Å². The van der Waals surface area contributed by atoms with Gasteiger partial charge in [-0.25, -0.2) is 4.98 Å². The second kappa shape index (κ2) is 6.52. The van der Waals surface area contributed by atoms with Crippen LogP contribution in [0.1, 0.15) is 16.7 Å². The minimum Gasteiger partial charge on any atom is -0.388 e. The molecular weight excluding hydrogens is 346 g/mol. The molecule has 0 aliphatic heterocycles. The minimum absolute atomic E-state index is 0.528. The summed E-state index contributed by atoms with van der Waals surface area (Å²) in [7, 11) is 0. The minimum atomic E-state index is -0.546. The maximum absolute atomic E-state index is 10.4. The molecule has 2 nitrogen and oxygen atoms in total. The Balaban J connectivity index is 1.77. The van der Waals surface area contributed by atoms with Crippen LogP contribution in [0.15, 0.2) is 64.5 Å². The smallest absolute Gasteiger partial charge is 0.0961 e. The molecule has 1 unspecified atom stereocenters. The maximum Gasteiger partial charge on any atom is 0.0961 e. The van der Waals surface area contributed by atoms with Crippen LogP contribution in [0.4, 0.5) is 0 Å². The first-order chi connectivity index (χ1) is 10.2. The molecule has 3 aromatic rings. The summed E-state index contributed by atoms with van der Waals surface area (Å²) >= 11 is 5.06. The highest BCUT2D eigenvalue weighted by atomic mass is 79.9. The van der Waals surface area contributed by atoms with E-state index in [1.807, 2.05) is 60.0 Å². The Kier molecular flexibility index (Phi) is 4.48. The molecule has 106 valence electrons. The van der Waals surface area contributed by atoms with Gasteiger partial charge in [-0.1, -0.05) is 64.5 Å². The van der Waals surface area contributed by atoms with Gasteiger partial charge in [-0.2, -0.15) is 0 Å². The fraction of sp³-hybridized carbons (Fsp3) is 0.118. The molecule has 0 amide bonds. The molecule has 0 fully saturated rings. The maximum atomic E-state index is 10.4. The van der Waals surface area contributed by atoms with Crippen molar-refractivity contribution in [1.82, 2.24) is 4.98 Å². The molecule has 0 bridgehead atoms. The van der Waals surface area contributed by atoms with Crippen molar-refractivity contribution in [2.45, 2.75) is 12.5 Å². The first kappa shape index (κ1) is 14.4. The van der Waals surface area contributed by atoms with Crippen LogP contribution in [-0.4, -0.2) is 10.1 Å². The van der Waals surface area contributed by atoms with Crippen molar-refractivity contribution in [2.75, 3.05) is 0 Å². The first-order valence-electron chi connectivity index (χ1n) is 6.66. The van der Waals surface area contributed by atoms with Crippen LogP contribution in [0, 0.1) is 0 Å². The zero-order valence-corrected chi connectivity index (χ0v) is 13.6. The number of benzene rings is 2. The van der Waals surface area contributed by atoms with Crippen LogP contribution < -0.4 is 0 Å². The molecule has 1 aromatic heterocycles. The van der Waals surface area contributed by atoms with Crippen LogP contribution in [0.2, 0.25) is 0 Å². The highest BCUT2D eigenvalue weighted by molar-refractivity contribution is 9.10. The van der Waals surface area contributed by atoms with Crippen molar-refractivity contribution in [2.24, 2.45) is 0 Å². The van der Waals surface area contributed by atoms with Crippen LogP contribution in [0.3, 0.4) is 0 Å². The number of rotatable bonds is 4. The van der Waals surface area contributed by atoms with Gasteiger partial charge in [0.15, 0.2) is 0 Å². The van der Waals surface area contributed by atoms with E-state index in [0.717, 1.165) is 26.3 Å². The van der Waals surface area contributed by atoms with Crippen LogP contribution in [0.5, 0.6) is 0 Å². The second-order valence-corrected chi connectivity index (χ2v) is 6.53. The largest absolute Gasteiger partial charge is 0.388 e. The fourth-order valence-corrected chi connectivity index (χ4v) is 3.56. The Bertz CT molecular complexity index is 726. The first-order valence-corrected chi connectivity index (χ1v) is 8.33. The summed E-state index contributed by atoms with van der Waals surface area (Å²) in [4.78, 5) is 4.62. The summed E-state index contributed by atoms with van der Waals surface area (Å²) in [6.07, 6.45) is -0.0181. The number of aromatic nitrogens is 1. The van der Waals surface area contributed by atoms with E-state index in [1.165, 1.54) is 0 Å². The lowest BCUT2D eigenvalue weighted by Gasteiger charge is -2.10. The predicted molar refractivity (Wildman–Crippen MR) is 90.4 cm³/mol. The molecule has 0 saturated carbocycles. The highest BCUT2D eigenvalue weighted by Crippen LogP contribution is 2.28. The quantitative estimate of drug-likeness (QED) is 0.722. The van der Waals surface area contributed by atoms with E-state index in [0.29, 0.717) is 6.42 Å². The van der Waals surface area contributed by atoms with E-state index in [9.17, 15) is 5.11 Å². The lowest BCUT2D eigenvalue weighted by atomic mass is 10.1. The Hall–Kier alpha value is -1.49. The van der Waals surface area contributed by atoms with Gasteiger partial charge in [0.1, 0.15) is 0 Å². The molecule has 0 spiro atoms. The molecule has 0 aliphatic carbocycles. The lowest BCUT2D eigenvalue weighted by molar-refractivity contribution is 0.177. The van der Waals surface area contributed by atoms with Crippen molar-refractivity contribution in [3.8, 4) is 11.3 Å². The molecule has 1 heterocycles. The summed E-state index contributed by atoms with van der Waals surface area (Å²) in [6.45, 7) is 0. The molecule has 1 atom stereocenters. The number of hydrogen-bond donors (Lipinski definition) is 1. The van der Waals surface area contributed by atoms with Gasteiger partial charge in [0.2, 0.25) is 0 Å². The van der Waals surface area contributed by atoms with Crippen LogP contribution in [-0.2, 0) is 6.42 Å². The van der Waals surface area contributed by atoms with Crippen LogP contribution in [0.25, 0.3) is 11.3 Å². The van der Waals surface area contributed by atoms with Crippen molar-refractivity contribution in [1.29, 1.82) is 0 Å². The number of thiazole rings is 1. The standard InChI is InChI=1S/C17H14BrNOS/c18-14-9-5-4-8-13(14)16(20)10-17-19-15(11-21-17)12-6-2-1-3-7-12/h1-9,11,16,20H,10H2. The van der Waals surface area contributed by atoms with E-state index in [2.05, 4.69) is 20.9 Å². The summed E-state index contributed by atoms with van der Waals surface area (Å²) in [5, 5.41) is 13.4. The van der Waals surface area contributed by atoms with Crippen molar-refractivity contribution < 1.29 is 5.11 Å². The van der Waals surface area contributed by atoms with E-state index in [4.69, 9.17) is 0 Å². The SMILES string of the molecule is OC(Cc1nc(-c2ccccc2)cs1)c1ccccc1Br. The van der Waals surface area contributed by atoms with E-state index < -0.39 is 6.10 Å². The number of aliphatic hydroxyl groups is 1. The number of aliphatic hydroxyl groups excluding tert-OH is 1. The molecule has 0 radical (unpaired) electrons. The summed E-state index contributed by atoms with van der Waals surface area (Å²) < 4.78 is 0.928. The van der Waals surface area contributed by atoms with E-state index in [-0.39, 0.29) is 0 Å². The topological polar surface area (TPSA) is 33.1 Å². The average Bonchev–Trinajstić information content (AvgIpc) is 2.97. The molecule has 2 aromatic carbocycles. The number of halogens is 1.